The van der Waals surface area contributed by atoms with Crippen LogP contribution in [0.5, 0.6) is 5.75 Å². The minimum absolute atomic E-state index is 0.0255. The van der Waals surface area contributed by atoms with Gasteiger partial charge in [-0.1, -0.05) is 29.3 Å². The summed E-state index contributed by atoms with van der Waals surface area (Å²) in [5.74, 6) is -3.05. The third kappa shape index (κ3) is 4.54. The van der Waals surface area contributed by atoms with Crippen molar-refractivity contribution < 1.29 is 31.8 Å². The molecule has 0 spiro atoms. The first-order valence-electron chi connectivity index (χ1n) is 9.76. The number of sulfonamides is 1. The maximum absolute atomic E-state index is 13.8. The number of anilines is 2. The van der Waals surface area contributed by atoms with Crippen LogP contribution in [-0.2, 0) is 10.0 Å². The van der Waals surface area contributed by atoms with Crippen molar-refractivity contribution in [1.29, 1.82) is 0 Å². The van der Waals surface area contributed by atoms with E-state index in [1.54, 1.807) is 6.07 Å². The number of hydrogen-bond donors (Lipinski definition) is 2. The van der Waals surface area contributed by atoms with E-state index >= 15 is 0 Å². The Balaban J connectivity index is 1.74. The van der Waals surface area contributed by atoms with E-state index in [0.717, 1.165) is 10.4 Å². The number of ether oxygens (including phenoxy) is 1. The molecule has 3 aromatic carbocycles. The third-order valence-corrected chi connectivity index (χ3v) is 7.43. The molecule has 0 bridgehead atoms. The molecule has 178 valence electrons. The van der Waals surface area contributed by atoms with Gasteiger partial charge in [0.15, 0.2) is 11.6 Å². The largest absolute Gasteiger partial charge is 0.484 e. The summed E-state index contributed by atoms with van der Waals surface area (Å²) in [5.41, 5.74) is 0.250. The Bertz CT molecular complexity index is 1370. The van der Waals surface area contributed by atoms with Crippen LogP contribution in [0.2, 0.25) is 10.0 Å². The lowest BCUT2D eigenvalue weighted by Crippen LogP contribution is -2.45. The van der Waals surface area contributed by atoms with Crippen molar-refractivity contribution in [2.75, 3.05) is 22.8 Å². The molecule has 1 aliphatic heterocycles. The van der Waals surface area contributed by atoms with Gasteiger partial charge in [-0.3, -0.25) is 9.10 Å². The fourth-order valence-electron chi connectivity index (χ4n) is 3.39. The van der Waals surface area contributed by atoms with Gasteiger partial charge in [-0.15, -0.1) is 0 Å². The lowest BCUT2D eigenvalue weighted by atomic mass is 10.1. The van der Waals surface area contributed by atoms with E-state index in [2.05, 4.69) is 5.32 Å². The molecular weight excluding hydrogens is 513 g/mol. The summed E-state index contributed by atoms with van der Waals surface area (Å²) in [6.07, 6.45) is -0.907. The number of amides is 1. The van der Waals surface area contributed by atoms with Gasteiger partial charge < -0.3 is 15.2 Å². The molecular formula is C22H16Cl2F2N2O5S. The summed E-state index contributed by atoms with van der Waals surface area (Å²) in [5, 5.41) is 12.4. The summed E-state index contributed by atoms with van der Waals surface area (Å²) in [6, 6.07) is 11.0. The summed E-state index contributed by atoms with van der Waals surface area (Å²) in [7, 11) is -4.39. The molecule has 1 aliphatic rings. The highest BCUT2D eigenvalue weighted by molar-refractivity contribution is 7.92. The molecule has 2 N–H and O–H groups in total. The minimum atomic E-state index is -4.39. The second kappa shape index (κ2) is 9.38. The molecule has 1 amide bonds. The number of nitrogens with one attached hydrogen (secondary N) is 1. The second-order valence-electron chi connectivity index (χ2n) is 7.27. The fourth-order valence-corrected chi connectivity index (χ4v) is 5.47. The summed E-state index contributed by atoms with van der Waals surface area (Å²) in [4.78, 5) is 12.2. The van der Waals surface area contributed by atoms with Crippen LogP contribution in [0.25, 0.3) is 0 Å². The van der Waals surface area contributed by atoms with Crippen molar-refractivity contribution in [3.05, 3.63) is 81.8 Å². The molecule has 34 heavy (non-hydrogen) atoms. The van der Waals surface area contributed by atoms with Crippen LogP contribution in [0.3, 0.4) is 0 Å². The normalized spacial score (nSPS) is 15.4. The van der Waals surface area contributed by atoms with Crippen LogP contribution in [0.15, 0.2) is 59.5 Å². The number of aliphatic hydroxyl groups excluding tert-OH is 1. The molecule has 1 heterocycles. The zero-order valence-corrected chi connectivity index (χ0v) is 19.5. The summed E-state index contributed by atoms with van der Waals surface area (Å²) < 4.78 is 60.2. The average Bonchev–Trinajstić information content (AvgIpc) is 2.79. The number of carbonyl (C=O) groups is 1. The van der Waals surface area contributed by atoms with E-state index in [1.807, 2.05) is 0 Å². The lowest BCUT2D eigenvalue weighted by Gasteiger charge is -2.35. The molecule has 0 aromatic heterocycles. The Labute approximate surface area is 203 Å². The molecule has 0 fully saturated rings. The van der Waals surface area contributed by atoms with E-state index in [4.69, 9.17) is 27.9 Å². The van der Waals surface area contributed by atoms with Crippen LogP contribution >= 0.6 is 23.2 Å². The molecule has 0 radical (unpaired) electrons. The number of carbonyl (C=O) groups excluding carboxylic acids is 1. The van der Waals surface area contributed by atoms with Gasteiger partial charge in [0.05, 0.1) is 39.3 Å². The Kier molecular flexibility index (Phi) is 6.68. The molecule has 4 rings (SSSR count). The number of hydrogen-bond acceptors (Lipinski definition) is 5. The van der Waals surface area contributed by atoms with Gasteiger partial charge in [-0.2, -0.15) is 0 Å². The molecule has 3 aromatic rings. The SMILES string of the molecule is O=C(Nc1ccc2c(c1)N(S(=O)(=O)c1ccc(F)c(F)c1)CC(CO)O2)c1c(Cl)cccc1Cl. The second-order valence-corrected chi connectivity index (χ2v) is 9.94. The number of rotatable bonds is 5. The number of halogens is 4. The maximum atomic E-state index is 13.8. The van der Waals surface area contributed by atoms with Crippen LogP contribution in [0, 0.1) is 11.6 Å². The predicted octanol–water partition coefficient (Wildman–Crippen LogP) is 4.47. The van der Waals surface area contributed by atoms with E-state index in [1.165, 1.54) is 30.3 Å². The fraction of sp³-hybridized carbons (Fsp3) is 0.136. The summed E-state index contributed by atoms with van der Waals surface area (Å²) in [6.45, 7) is -0.800. The highest BCUT2D eigenvalue weighted by atomic mass is 35.5. The quantitative estimate of drug-likeness (QED) is 0.509. The number of benzene rings is 3. The highest BCUT2D eigenvalue weighted by Crippen LogP contribution is 2.39. The van der Waals surface area contributed by atoms with Crippen molar-refractivity contribution in [1.82, 2.24) is 0 Å². The molecule has 0 saturated carbocycles. The number of nitrogens with zero attached hydrogens (tertiary/aromatic N) is 1. The lowest BCUT2D eigenvalue weighted by molar-refractivity contribution is 0.102. The topological polar surface area (TPSA) is 95.9 Å². The van der Waals surface area contributed by atoms with Gasteiger partial charge in [0.2, 0.25) is 0 Å². The van der Waals surface area contributed by atoms with Gasteiger partial charge in [0.1, 0.15) is 11.9 Å². The minimum Gasteiger partial charge on any atom is -0.484 e. The van der Waals surface area contributed by atoms with Crippen LogP contribution in [0.1, 0.15) is 10.4 Å². The number of fused-ring (bicyclic) bond motifs is 1. The van der Waals surface area contributed by atoms with Crippen molar-refractivity contribution in [3.8, 4) is 5.75 Å². The van der Waals surface area contributed by atoms with Crippen molar-refractivity contribution >= 4 is 50.5 Å². The van der Waals surface area contributed by atoms with Crippen molar-refractivity contribution in [2.45, 2.75) is 11.0 Å². The highest BCUT2D eigenvalue weighted by Gasteiger charge is 2.35. The molecule has 7 nitrogen and oxygen atoms in total. The van der Waals surface area contributed by atoms with Crippen molar-refractivity contribution in [3.63, 3.8) is 0 Å². The standard InChI is InChI=1S/C22H16Cl2F2N2O5S/c23-15-2-1-3-16(24)21(15)22(30)27-12-4-7-20-19(8-12)28(10-13(11-29)33-20)34(31,32)14-5-6-17(25)18(26)9-14/h1-9,13,29H,10-11H2,(H,27,30). The van der Waals surface area contributed by atoms with E-state index in [0.29, 0.717) is 12.1 Å². The Hall–Kier alpha value is -2.92. The first-order valence-corrected chi connectivity index (χ1v) is 12.0. The zero-order valence-electron chi connectivity index (χ0n) is 17.1. The van der Waals surface area contributed by atoms with Crippen LogP contribution in [-0.4, -0.2) is 38.7 Å². The van der Waals surface area contributed by atoms with Crippen LogP contribution in [0.4, 0.5) is 20.2 Å². The third-order valence-electron chi connectivity index (χ3n) is 5.02. The molecule has 0 aliphatic carbocycles. The molecule has 0 saturated heterocycles. The van der Waals surface area contributed by atoms with E-state index in [-0.39, 0.29) is 39.3 Å². The van der Waals surface area contributed by atoms with Gasteiger partial charge >= 0.3 is 0 Å². The van der Waals surface area contributed by atoms with Gasteiger partial charge in [-0.25, -0.2) is 17.2 Å². The Morgan fingerprint density at radius 3 is 2.44 bits per heavy atom. The number of aliphatic hydroxyl groups is 1. The van der Waals surface area contributed by atoms with Crippen molar-refractivity contribution in [2.24, 2.45) is 0 Å². The Morgan fingerprint density at radius 2 is 1.79 bits per heavy atom. The van der Waals surface area contributed by atoms with Gasteiger partial charge in [0.25, 0.3) is 15.9 Å². The molecule has 1 atom stereocenters. The smallest absolute Gasteiger partial charge is 0.264 e. The van der Waals surface area contributed by atoms with Crippen LogP contribution < -0.4 is 14.4 Å². The first-order chi connectivity index (χ1) is 16.1. The van der Waals surface area contributed by atoms with E-state index in [9.17, 15) is 27.1 Å². The molecule has 1 unspecified atom stereocenters. The Morgan fingerprint density at radius 1 is 1.09 bits per heavy atom. The summed E-state index contributed by atoms with van der Waals surface area (Å²) >= 11 is 12.2. The zero-order chi connectivity index (χ0) is 24.6. The first kappa shape index (κ1) is 24.2. The average molecular weight is 529 g/mol. The van der Waals surface area contributed by atoms with Gasteiger partial charge in [-0.05, 0) is 48.5 Å². The molecule has 12 heteroatoms. The predicted molar refractivity (Wildman–Crippen MR) is 123 cm³/mol. The van der Waals surface area contributed by atoms with E-state index < -0.39 is 45.2 Å². The van der Waals surface area contributed by atoms with Gasteiger partial charge in [0, 0.05) is 5.69 Å². The monoisotopic (exact) mass is 528 g/mol. The maximum Gasteiger partial charge on any atom is 0.264 e.